The lowest BCUT2D eigenvalue weighted by Crippen LogP contribution is -2.32. The van der Waals surface area contributed by atoms with E-state index in [0.717, 1.165) is 5.56 Å². The number of ether oxygens (including phenoxy) is 2. The summed E-state index contributed by atoms with van der Waals surface area (Å²) in [6.07, 6.45) is 0. The molecular weight excluding hydrogens is 389 g/mol. The molecule has 2 aromatic carbocycles. The van der Waals surface area contributed by atoms with Gasteiger partial charge in [-0.05, 0) is 57.7 Å². The van der Waals surface area contributed by atoms with Crippen molar-refractivity contribution in [2.24, 2.45) is 5.92 Å². The molecule has 4 nitrogen and oxygen atoms in total. The number of halogens is 2. The maximum atomic E-state index is 13.2. The standard InChI is InChI=1S/C19H19BrFNO3/c1-11(2)18(12-3-6-16-17(9-12)25-8-7-24-16)22-19(23)14-5-4-13(21)10-15(14)20/h3-6,9-11,18H,7-8H2,1-2H3,(H,22,23). The number of nitrogens with one attached hydrogen (secondary N) is 1. The lowest BCUT2D eigenvalue weighted by Gasteiger charge is -2.25. The molecule has 1 aliphatic rings. The molecule has 1 amide bonds. The average molecular weight is 408 g/mol. The topological polar surface area (TPSA) is 47.6 Å². The van der Waals surface area contributed by atoms with Crippen LogP contribution in [0.5, 0.6) is 11.5 Å². The molecule has 1 unspecified atom stereocenters. The van der Waals surface area contributed by atoms with Crippen molar-refractivity contribution >= 4 is 21.8 Å². The molecule has 1 N–H and O–H groups in total. The Bertz CT molecular complexity index is 794. The molecular formula is C19H19BrFNO3. The molecule has 0 spiro atoms. The Morgan fingerprint density at radius 1 is 1.12 bits per heavy atom. The van der Waals surface area contributed by atoms with Crippen molar-refractivity contribution in [3.8, 4) is 11.5 Å². The number of carbonyl (C=O) groups excluding carboxylic acids is 1. The van der Waals surface area contributed by atoms with Gasteiger partial charge in [0.05, 0.1) is 11.6 Å². The first kappa shape index (κ1) is 17.7. The van der Waals surface area contributed by atoms with Crippen LogP contribution < -0.4 is 14.8 Å². The minimum atomic E-state index is -0.393. The summed E-state index contributed by atoms with van der Waals surface area (Å²) in [4.78, 5) is 12.6. The second-order valence-electron chi connectivity index (χ2n) is 6.22. The fraction of sp³-hybridized carbons (Fsp3) is 0.316. The third-order valence-electron chi connectivity index (χ3n) is 4.05. The van der Waals surface area contributed by atoms with Crippen LogP contribution in [0.3, 0.4) is 0 Å². The molecule has 3 rings (SSSR count). The van der Waals surface area contributed by atoms with E-state index in [0.29, 0.717) is 34.7 Å². The number of rotatable bonds is 4. The Hall–Kier alpha value is -2.08. The Balaban J connectivity index is 1.85. The van der Waals surface area contributed by atoms with Gasteiger partial charge >= 0.3 is 0 Å². The first-order chi connectivity index (χ1) is 12.0. The summed E-state index contributed by atoms with van der Waals surface area (Å²) in [6, 6.07) is 9.50. The Morgan fingerprint density at radius 3 is 2.52 bits per heavy atom. The van der Waals surface area contributed by atoms with Crippen LogP contribution in [-0.4, -0.2) is 19.1 Å². The molecule has 0 saturated heterocycles. The maximum Gasteiger partial charge on any atom is 0.252 e. The highest BCUT2D eigenvalue weighted by atomic mass is 79.9. The third-order valence-corrected chi connectivity index (χ3v) is 4.71. The number of carbonyl (C=O) groups is 1. The second kappa shape index (κ2) is 7.44. The second-order valence-corrected chi connectivity index (χ2v) is 7.08. The van der Waals surface area contributed by atoms with Crippen molar-refractivity contribution in [1.29, 1.82) is 0 Å². The summed E-state index contributed by atoms with van der Waals surface area (Å²) < 4.78 is 24.8. The zero-order chi connectivity index (χ0) is 18.0. The molecule has 0 bridgehead atoms. The Labute approximate surface area is 154 Å². The first-order valence-corrected chi connectivity index (χ1v) is 8.90. The van der Waals surface area contributed by atoms with Crippen LogP contribution in [0.4, 0.5) is 4.39 Å². The van der Waals surface area contributed by atoms with E-state index in [4.69, 9.17) is 9.47 Å². The lowest BCUT2D eigenvalue weighted by molar-refractivity contribution is 0.0924. The van der Waals surface area contributed by atoms with Gasteiger partial charge in [0.25, 0.3) is 5.91 Å². The fourth-order valence-corrected chi connectivity index (χ4v) is 3.31. The van der Waals surface area contributed by atoms with Crippen molar-refractivity contribution < 1.29 is 18.7 Å². The highest BCUT2D eigenvalue weighted by Gasteiger charge is 2.23. The normalized spacial score (nSPS) is 14.3. The third kappa shape index (κ3) is 3.95. The molecule has 0 radical (unpaired) electrons. The molecule has 132 valence electrons. The summed E-state index contributed by atoms with van der Waals surface area (Å²) in [5.74, 6) is 0.901. The molecule has 1 atom stereocenters. The van der Waals surface area contributed by atoms with Gasteiger partial charge in [-0.1, -0.05) is 19.9 Å². The summed E-state index contributed by atoms with van der Waals surface area (Å²) >= 11 is 3.24. The van der Waals surface area contributed by atoms with E-state index in [1.165, 1.54) is 18.2 Å². The van der Waals surface area contributed by atoms with Crippen LogP contribution in [0.1, 0.15) is 35.8 Å². The van der Waals surface area contributed by atoms with Crippen LogP contribution in [-0.2, 0) is 0 Å². The molecule has 0 saturated carbocycles. The van der Waals surface area contributed by atoms with E-state index in [2.05, 4.69) is 21.2 Å². The van der Waals surface area contributed by atoms with Gasteiger partial charge in [-0.3, -0.25) is 4.79 Å². The summed E-state index contributed by atoms with van der Waals surface area (Å²) in [5, 5.41) is 3.03. The van der Waals surface area contributed by atoms with Crippen LogP contribution in [0, 0.1) is 11.7 Å². The van der Waals surface area contributed by atoms with Crippen LogP contribution in [0.15, 0.2) is 40.9 Å². The van der Waals surface area contributed by atoms with Crippen LogP contribution >= 0.6 is 15.9 Å². The monoisotopic (exact) mass is 407 g/mol. The van der Waals surface area contributed by atoms with Gasteiger partial charge in [0, 0.05) is 4.47 Å². The van der Waals surface area contributed by atoms with Gasteiger partial charge < -0.3 is 14.8 Å². The van der Waals surface area contributed by atoms with Crippen molar-refractivity contribution in [2.45, 2.75) is 19.9 Å². The van der Waals surface area contributed by atoms with Crippen molar-refractivity contribution in [1.82, 2.24) is 5.32 Å². The number of amides is 1. The molecule has 6 heteroatoms. The zero-order valence-electron chi connectivity index (χ0n) is 14.0. The average Bonchev–Trinajstić information content (AvgIpc) is 2.58. The molecule has 2 aromatic rings. The van der Waals surface area contributed by atoms with Gasteiger partial charge in [0.1, 0.15) is 19.0 Å². The zero-order valence-corrected chi connectivity index (χ0v) is 15.6. The summed E-state index contributed by atoms with van der Waals surface area (Å²) in [7, 11) is 0. The van der Waals surface area contributed by atoms with Crippen LogP contribution in [0.2, 0.25) is 0 Å². The first-order valence-electron chi connectivity index (χ1n) is 8.11. The van der Waals surface area contributed by atoms with E-state index in [-0.39, 0.29) is 17.9 Å². The predicted molar refractivity (Wildman–Crippen MR) is 96.6 cm³/mol. The maximum absolute atomic E-state index is 13.2. The largest absolute Gasteiger partial charge is 0.486 e. The van der Waals surface area contributed by atoms with E-state index in [1.807, 2.05) is 32.0 Å². The number of fused-ring (bicyclic) bond motifs is 1. The molecule has 0 fully saturated rings. The van der Waals surface area contributed by atoms with E-state index in [9.17, 15) is 9.18 Å². The van der Waals surface area contributed by atoms with E-state index >= 15 is 0 Å². The minimum Gasteiger partial charge on any atom is -0.486 e. The predicted octanol–water partition coefficient (Wildman–Crippen LogP) is 4.49. The number of hydrogen-bond donors (Lipinski definition) is 1. The molecule has 0 aliphatic carbocycles. The molecule has 1 aliphatic heterocycles. The molecule has 25 heavy (non-hydrogen) atoms. The van der Waals surface area contributed by atoms with Gasteiger partial charge in [-0.2, -0.15) is 0 Å². The lowest BCUT2D eigenvalue weighted by atomic mass is 9.95. The summed E-state index contributed by atoms with van der Waals surface area (Å²) in [6.45, 7) is 5.11. The van der Waals surface area contributed by atoms with E-state index in [1.54, 1.807) is 0 Å². The highest BCUT2D eigenvalue weighted by Crippen LogP contribution is 2.34. The minimum absolute atomic E-state index is 0.158. The van der Waals surface area contributed by atoms with Gasteiger partial charge in [0.2, 0.25) is 0 Å². The molecule has 1 heterocycles. The Morgan fingerprint density at radius 2 is 1.84 bits per heavy atom. The van der Waals surface area contributed by atoms with E-state index < -0.39 is 5.82 Å². The SMILES string of the molecule is CC(C)C(NC(=O)c1ccc(F)cc1Br)c1ccc2c(c1)OCCO2. The smallest absolute Gasteiger partial charge is 0.252 e. The Kier molecular flexibility index (Phi) is 5.27. The highest BCUT2D eigenvalue weighted by molar-refractivity contribution is 9.10. The van der Waals surface area contributed by atoms with Crippen molar-refractivity contribution in [3.05, 3.63) is 57.8 Å². The number of hydrogen-bond acceptors (Lipinski definition) is 3. The van der Waals surface area contributed by atoms with Crippen LogP contribution in [0.25, 0.3) is 0 Å². The fourth-order valence-electron chi connectivity index (χ4n) is 2.78. The molecule has 0 aromatic heterocycles. The van der Waals surface area contributed by atoms with Gasteiger partial charge in [-0.15, -0.1) is 0 Å². The number of benzene rings is 2. The summed E-state index contributed by atoms with van der Waals surface area (Å²) in [5.41, 5.74) is 1.33. The van der Waals surface area contributed by atoms with Gasteiger partial charge in [0.15, 0.2) is 11.5 Å². The van der Waals surface area contributed by atoms with Crippen molar-refractivity contribution in [2.75, 3.05) is 13.2 Å². The van der Waals surface area contributed by atoms with Gasteiger partial charge in [-0.25, -0.2) is 4.39 Å². The van der Waals surface area contributed by atoms with Crippen molar-refractivity contribution in [3.63, 3.8) is 0 Å². The quantitative estimate of drug-likeness (QED) is 0.811.